The van der Waals surface area contributed by atoms with E-state index in [-0.39, 0.29) is 11.9 Å². The predicted molar refractivity (Wildman–Crippen MR) is 99.5 cm³/mol. The van der Waals surface area contributed by atoms with Crippen LogP contribution in [0.2, 0.25) is 0 Å². The minimum Gasteiger partial charge on any atom is -0.356 e. The first-order valence-electron chi connectivity index (χ1n) is 9.40. The predicted octanol–water partition coefficient (Wildman–Crippen LogP) is 2.60. The molecule has 2 amide bonds. The second-order valence-corrected chi connectivity index (χ2v) is 7.01. The van der Waals surface area contributed by atoms with Crippen LogP contribution in [0.1, 0.15) is 56.0 Å². The summed E-state index contributed by atoms with van der Waals surface area (Å²) in [5, 5.41) is 12.9. The lowest BCUT2D eigenvalue weighted by Crippen LogP contribution is -2.36. The molecule has 1 saturated heterocycles. The van der Waals surface area contributed by atoms with E-state index in [1.807, 2.05) is 19.2 Å². The number of anilines is 2. The summed E-state index contributed by atoms with van der Waals surface area (Å²) in [6.45, 7) is 4.33. The molecule has 0 spiro atoms. The third-order valence-electron chi connectivity index (χ3n) is 5.01. The van der Waals surface area contributed by atoms with Gasteiger partial charge in [0.25, 0.3) is 0 Å². The van der Waals surface area contributed by atoms with Crippen LogP contribution in [0.3, 0.4) is 0 Å². The number of nitrogens with zero attached hydrogens (tertiary/aromatic N) is 4. The number of aromatic nitrogens is 4. The van der Waals surface area contributed by atoms with Crippen molar-refractivity contribution in [1.29, 1.82) is 0 Å². The summed E-state index contributed by atoms with van der Waals surface area (Å²) in [5.74, 6) is 2.81. The lowest BCUT2D eigenvalue weighted by molar-refractivity contribution is 0.252. The van der Waals surface area contributed by atoms with E-state index >= 15 is 0 Å². The van der Waals surface area contributed by atoms with Crippen LogP contribution in [0, 0.1) is 0 Å². The van der Waals surface area contributed by atoms with Gasteiger partial charge in [0.2, 0.25) is 0 Å². The third kappa shape index (κ3) is 3.63. The summed E-state index contributed by atoms with van der Waals surface area (Å²) in [6, 6.07) is 1.79. The van der Waals surface area contributed by atoms with E-state index in [0.29, 0.717) is 12.5 Å². The van der Waals surface area contributed by atoms with Gasteiger partial charge in [-0.2, -0.15) is 5.10 Å². The molecule has 8 nitrogen and oxygen atoms in total. The topological polar surface area (TPSA) is 98.8 Å². The van der Waals surface area contributed by atoms with Crippen LogP contribution in [0.25, 0.3) is 0 Å². The van der Waals surface area contributed by atoms with Crippen LogP contribution in [0.15, 0.2) is 18.5 Å². The number of aromatic amines is 1. The monoisotopic (exact) mass is 355 g/mol. The summed E-state index contributed by atoms with van der Waals surface area (Å²) in [5.41, 5.74) is 1.74. The Morgan fingerprint density at radius 2 is 2.23 bits per heavy atom. The second kappa shape index (κ2) is 7.31. The molecule has 0 bridgehead atoms. The molecule has 2 fully saturated rings. The Kier molecular flexibility index (Phi) is 4.73. The molecule has 0 radical (unpaired) electrons. The molecule has 8 heteroatoms. The van der Waals surface area contributed by atoms with E-state index in [2.05, 4.69) is 30.7 Å². The molecular weight excluding hydrogens is 330 g/mol. The standard InChI is InChI=1S/C18H25N7O/c1-2-19-18(26)22-14-10-21-24-16(14)13-4-3-9-25(11-13)15-7-8-20-17(23-15)12-5-6-12/h7-8,10,12-13H,2-6,9,11H2,1H3,(H,21,24)(H2,19,22,26)/t13-/m1/s1. The van der Waals surface area contributed by atoms with E-state index in [0.717, 1.165) is 49.0 Å². The zero-order valence-corrected chi connectivity index (χ0v) is 15.0. The fourth-order valence-corrected chi connectivity index (χ4v) is 3.53. The fourth-order valence-electron chi connectivity index (χ4n) is 3.53. The number of hydrogen-bond donors (Lipinski definition) is 3. The van der Waals surface area contributed by atoms with Gasteiger partial charge in [0.05, 0.1) is 17.6 Å². The minimum atomic E-state index is -0.201. The van der Waals surface area contributed by atoms with Crippen molar-refractivity contribution >= 4 is 17.5 Å². The molecule has 4 rings (SSSR count). The van der Waals surface area contributed by atoms with Crippen LogP contribution in [0.4, 0.5) is 16.3 Å². The molecule has 1 saturated carbocycles. The van der Waals surface area contributed by atoms with Gasteiger partial charge in [-0.25, -0.2) is 14.8 Å². The zero-order valence-electron chi connectivity index (χ0n) is 15.0. The molecule has 3 heterocycles. The molecule has 138 valence electrons. The number of carbonyl (C=O) groups excluding carboxylic acids is 1. The highest BCUT2D eigenvalue weighted by Crippen LogP contribution is 2.39. The third-order valence-corrected chi connectivity index (χ3v) is 5.01. The van der Waals surface area contributed by atoms with Gasteiger partial charge in [0.15, 0.2) is 0 Å². The van der Waals surface area contributed by atoms with Gasteiger partial charge in [-0.15, -0.1) is 0 Å². The van der Waals surface area contributed by atoms with Crippen molar-refractivity contribution < 1.29 is 4.79 Å². The lowest BCUT2D eigenvalue weighted by Gasteiger charge is -2.33. The average Bonchev–Trinajstić information content (AvgIpc) is 3.42. The van der Waals surface area contributed by atoms with Crippen LogP contribution in [0.5, 0.6) is 0 Å². The van der Waals surface area contributed by atoms with Crippen LogP contribution in [-0.2, 0) is 0 Å². The zero-order chi connectivity index (χ0) is 17.9. The van der Waals surface area contributed by atoms with Crippen molar-refractivity contribution in [2.24, 2.45) is 0 Å². The van der Waals surface area contributed by atoms with Crippen molar-refractivity contribution in [3.05, 3.63) is 30.0 Å². The van der Waals surface area contributed by atoms with Gasteiger partial charge < -0.3 is 15.5 Å². The molecule has 1 aliphatic heterocycles. The average molecular weight is 355 g/mol. The summed E-state index contributed by atoms with van der Waals surface area (Å²) in [4.78, 5) is 23.4. The number of rotatable bonds is 5. The quantitative estimate of drug-likeness (QED) is 0.766. The molecule has 0 unspecified atom stereocenters. The van der Waals surface area contributed by atoms with Crippen LogP contribution in [-0.4, -0.2) is 45.8 Å². The highest BCUT2D eigenvalue weighted by atomic mass is 16.2. The first-order valence-corrected chi connectivity index (χ1v) is 9.40. The van der Waals surface area contributed by atoms with E-state index < -0.39 is 0 Å². The SMILES string of the molecule is CCNC(=O)Nc1cn[nH]c1[C@@H]1CCCN(c2ccnc(C3CC3)n2)C1. The van der Waals surface area contributed by atoms with E-state index in [1.54, 1.807) is 6.20 Å². The van der Waals surface area contributed by atoms with E-state index in [9.17, 15) is 4.79 Å². The summed E-state index contributed by atoms with van der Waals surface area (Å²) in [7, 11) is 0. The maximum Gasteiger partial charge on any atom is 0.319 e. The van der Waals surface area contributed by atoms with Crippen LogP contribution >= 0.6 is 0 Å². The Hall–Kier alpha value is -2.64. The summed E-state index contributed by atoms with van der Waals surface area (Å²) >= 11 is 0. The van der Waals surface area contributed by atoms with Crippen molar-refractivity contribution in [2.75, 3.05) is 29.9 Å². The fraction of sp³-hybridized carbons (Fsp3) is 0.556. The summed E-state index contributed by atoms with van der Waals surface area (Å²) < 4.78 is 0. The Morgan fingerprint density at radius 1 is 1.35 bits per heavy atom. The number of carbonyl (C=O) groups is 1. The van der Waals surface area contributed by atoms with Gasteiger partial charge in [-0.3, -0.25) is 5.10 Å². The smallest absolute Gasteiger partial charge is 0.319 e. The second-order valence-electron chi connectivity index (χ2n) is 7.01. The Balaban J connectivity index is 1.48. The number of amides is 2. The highest BCUT2D eigenvalue weighted by molar-refractivity contribution is 5.89. The van der Waals surface area contributed by atoms with Crippen molar-refractivity contribution in [3.63, 3.8) is 0 Å². The number of nitrogens with one attached hydrogen (secondary N) is 3. The molecular formula is C18H25N7O. The van der Waals surface area contributed by atoms with Gasteiger partial charge >= 0.3 is 6.03 Å². The molecule has 2 aromatic heterocycles. The lowest BCUT2D eigenvalue weighted by atomic mass is 9.94. The van der Waals surface area contributed by atoms with E-state index in [4.69, 9.17) is 4.98 Å². The maximum atomic E-state index is 11.8. The van der Waals surface area contributed by atoms with Crippen molar-refractivity contribution in [2.45, 2.75) is 44.4 Å². The van der Waals surface area contributed by atoms with Gasteiger partial charge in [0, 0.05) is 37.7 Å². The Morgan fingerprint density at radius 3 is 3.04 bits per heavy atom. The molecule has 2 aliphatic rings. The largest absolute Gasteiger partial charge is 0.356 e. The number of H-pyrrole nitrogens is 1. The Labute approximate surface area is 152 Å². The molecule has 26 heavy (non-hydrogen) atoms. The summed E-state index contributed by atoms with van der Waals surface area (Å²) in [6.07, 6.45) is 8.10. The number of urea groups is 1. The van der Waals surface area contributed by atoms with Gasteiger partial charge in [0.1, 0.15) is 11.6 Å². The van der Waals surface area contributed by atoms with Crippen LogP contribution < -0.4 is 15.5 Å². The van der Waals surface area contributed by atoms with E-state index in [1.165, 1.54) is 12.8 Å². The molecule has 3 N–H and O–H groups in total. The van der Waals surface area contributed by atoms with Crippen molar-refractivity contribution in [1.82, 2.24) is 25.5 Å². The molecule has 1 aliphatic carbocycles. The number of piperidine rings is 1. The molecule has 0 aromatic carbocycles. The Bertz CT molecular complexity index is 770. The normalized spacial score (nSPS) is 20.0. The van der Waals surface area contributed by atoms with Crippen molar-refractivity contribution in [3.8, 4) is 0 Å². The first-order chi connectivity index (χ1) is 12.7. The minimum absolute atomic E-state index is 0.201. The van der Waals surface area contributed by atoms with Gasteiger partial charge in [-0.1, -0.05) is 0 Å². The molecule has 2 aromatic rings. The number of hydrogen-bond acceptors (Lipinski definition) is 5. The first kappa shape index (κ1) is 16.8. The van der Waals surface area contributed by atoms with Gasteiger partial charge in [-0.05, 0) is 38.7 Å². The molecule has 1 atom stereocenters. The maximum absolute atomic E-state index is 11.8. The highest BCUT2D eigenvalue weighted by Gasteiger charge is 2.29.